The minimum Gasteiger partial charge on any atom is -0.329 e. The average molecular weight is 272 g/mol. The molecule has 5 heteroatoms. The van der Waals surface area contributed by atoms with Gasteiger partial charge in [0.15, 0.2) is 0 Å². The Labute approximate surface area is 111 Å². The zero-order chi connectivity index (χ0) is 13.9. The van der Waals surface area contributed by atoms with E-state index in [0.29, 0.717) is 24.7 Å². The molecule has 1 aliphatic rings. The monoisotopic (exact) mass is 272 g/mol. The number of benzene rings is 1. The van der Waals surface area contributed by atoms with Crippen molar-refractivity contribution >= 4 is 0 Å². The first-order valence-corrected chi connectivity index (χ1v) is 6.61. The zero-order valence-electron chi connectivity index (χ0n) is 10.8. The Kier molecular flexibility index (Phi) is 4.47. The van der Waals surface area contributed by atoms with E-state index in [1.165, 1.54) is 12.1 Å². The van der Waals surface area contributed by atoms with Crippen molar-refractivity contribution in [1.82, 2.24) is 4.90 Å². The summed E-state index contributed by atoms with van der Waals surface area (Å²) < 4.78 is 38.0. The van der Waals surface area contributed by atoms with Crippen molar-refractivity contribution in [3.05, 3.63) is 35.4 Å². The zero-order valence-corrected chi connectivity index (χ0v) is 10.8. The second kappa shape index (κ2) is 5.92. The van der Waals surface area contributed by atoms with Gasteiger partial charge in [-0.2, -0.15) is 13.2 Å². The lowest BCUT2D eigenvalue weighted by Gasteiger charge is -2.35. The predicted molar refractivity (Wildman–Crippen MR) is 68.5 cm³/mol. The Morgan fingerprint density at radius 3 is 2.74 bits per heavy atom. The van der Waals surface area contributed by atoms with Gasteiger partial charge in [0.2, 0.25) is 0 Å². The quantitative estimate of drug-likeness (QED) is 0.916. The minimum atomic E-state index is -4.27. The van der Waals surface area contributed by atoms with Crippen LogP contribution in [0.3, 0.4) is 0 Å². The molecule has 0 amide bonds. The van der Waals surface area contributed by atoms with Crippen LogP contribution in [-0.2, 0) is 12.7 Å². The standard InChI is InChI=1S/C14H19F3N2/c15-14(16,17)12-5-3-4-11(8-12)10-19-7-2-1-6-13(19)9-18/h3-5,8,13H,1-2,6-7,9-10,18H2. The van der Waals surface area contributed by atoms with E-state index in [0.717, 1.165) is 31.9 Å². The van der Waals surface area contributed by atoms with Crippen LogP contribution in [0, 0.1) is 0 Å². The van der Waals surface area contributed by atoms with Crippen molar-refractivity contribution in [3.8, 4) is 0 Å². The van der Waals surface area contributed by atoms with Crippen molar-refractivity contribution in [2.45, 2.75) is 38.0 Å². The van der Waals surface area contributed by atoms with Crippen molar-refractivity contribution in [1.29, 1.82) is 0 Å². The SMILES string of the molecule is NCC1CCCCN1Cc1cccc(C(F)(F)F)c1. The van der Waals surface area contributed by atoms with Gasteiger partial charge < -0.3 is 5.73 Å². The molecular formula is C14H19F3N2. The fourth-order valence-corrected chi connectivity index (χ4v) is 2.62. The lowest BCUT2D eigenvalue weighted by atomic mass is 10.0. The first-order valence-electron chi connectivity index (χ1n) is 6.61. The molecule has 2 N–H and O–H groups in total. The van der Waals surface area contributed by atoms with E-state index >= 15 is 0 Å². The highest BCUT2D eigenvalue weighted by molar-refractivity contribution is 5.25. The molecule has 2 rings (SSSR count). The Bertz CT molecular complexity index is 417. The Morgan fingerprint density at radius 2 is 2.05 bits per heavy atom. The molecule has 106 valence electrons. The van der Waals surface area contributed by atoms with E-state index in [1.54, 1.807) is 6.07 Å². The van der Waals surface area contributed by atoms with E-state index in [4.69, 9.17) is 5.73 Å². The van der Waals surface area contributed by atoms with E-state index in [2.05, 4.69) is 4.90 Å². The third kappa shape index (κ3) is 3.70. The number of nitrogens with zero attached hydrogens (tertiary/aromatic N) is 1. The molecule has 1 atom stereocenters. The fraction of sp³-hybridized carbons (Fsp3) is 0.571. The summed E-state index contributed by atoms with van der Waals surface area (Å²) in [4.78, 5) is 2.19. The Morgan fingerprint density at radius 1 is 1.26 bits per heavy atom. The first kappa shape index (κ1) is 14.3. The number of alkyl halides is 3. The normalized spacial score (nSPS) is 21.6. The first-order chi connectivity index (χ1) is 9.00. The highest BCUT2D eigenvalue weighted by atomic mass is 19.4. The van der Waals surface area contributed by atoms with E-state index < -0.39 is 11.7 Å². The van der Waals surface area contributed by atoms with Crippen LogP contribution in [0.15, 0.2) is 24.3 Å². The highest BCUT2D eigenvalue weighted by Crippen LogP contribution is 2.30. The second-order valence-corrected chi connectivity index (χ2v) is 5.05. The van der Waals surface area contributed by atoms with Gasteiger partial charge in [0.25, 0.3) is 0 Å². The van der Waals surface area contributed by atoms with E-state index in [1.807, 2.05) is 0 Å². The number of hydrogen-bond acceptors (Lipinski definition) is 2. The van der Waals surface area contributed by atoms with Crippen LogP contribution < -0.4 is 5.73 Å². The molecule has 1 aromatic rings. The van der Waals surface area contributed by atoms with Crippen molar-refractivity contribution in [2.24, 2.45) is 5.73 Å². The van der Waals surface area contributed by atoms with Gasteiger partial charge in [-0.3, -0.25) is 4.90 Å². The van der Waals surface area contributed by atoms with Crippen LogP contribution >= 0.6 is 0 Å². The van der Waals surface area contributed by atoms with Gasteiger partial charge in [0.05, 0.1) is 5.56 Å². The van der Waals surface area contributed by atoms with Crippen LogP contribution in [-0.4, -0.2) is 24.0 Å². The van der Waals surface area contributed by atoms with Gasteiger partial charge >= 0.3 is 6.18 Å². The number of hydrogen-bond donors (Lipinski definition) is 1. The predicted octanol–water partition coefficient (Wildman–Crippen LogP) is 3.02. The van der Waals surface area contributed by atoms with Crippen molar-refractivity contribution in [2.75, 3.05) is 13.1 Å². The molecule has 1 aromatic carbocycles. The summed E-state index contributed by atoms with van der Waals surface area (Å²) in [5.41, 5.74) is 5.85. The van der Waals surface area contributed by atoms with Gasteiger partial charge in [-0.05, 0) is 31.0 Å². The van der Waals surface area contributed by atoms with Crippen LogP contribution in [0.5, 0.6) is 0 Å². The molecule has 0 spiro atoms. The van der Waals surface area contributed by atoms with Gasteiger partial charge in [-0.1, -0.05) is 24.6 Å². The fourth-order valence-electron chi connectivity index (χ4n) is 2.62. The average Bonchev–Trinajstić information content (AvgIpc) is 2.39. The second-order valence-electron chi connectivity index (χ2n) is 5.05. The maximum Gasteiger partial charge on any atom is 0.416 e. The number of halogens is 3. The topological polar surface area (TPSA) is 29.3 Å². The molecule has 1 aliphatic heterocycles. The summed E-state index contributed by atoms with van der Waals surface area (Å²) in [6.07, 6.45) is -0.989. The summed E-state index contributed by atoms with van der Waals surface area (Å²) >= 11 is 0. The van der Waals surface area contributed by atoms with Gasteiger partial charge in [-0.25, -0.2) is 0 Å². The van der Waals surface area contributed by atoms with Crippen LogP contribution in [0.25, 0.3) is 0 Å². The maximum absolute atomic E-state index is 12.7. The molecule has 1 heterocycles. The van der Waals surface area contributed by atoms with Crippen LogP contribution in [0.4, 0.5) is 13.2 Å². The van der Waals surface area contributed by atoms with Gasteiger partial charge in [0, 0.05) is 19.1 Å². The number of nitrogens with two attached hydrogens (primary N) is 1. The molecule has 0 saturated carbocycles. The number of likely N-dealkylation sites (tertiary alicyclic amines) is 1. The number of rotatable bonds is 3. The van der Waals surface area contributed by atoms with E-state index in [9.17, 15) is 13.2 Å². The van der Waals surface area contributed by atoms with Crippen molar-refractivity contribution in [3.63, 3.8) is 0 Å². The smallest absolute Gasteiger partial charge is 0.329 e. The summed E-state index contributed by atoms with van der Waals surface area (Å²) in [5.74, 6) is 0. The Balaban J connectivity index is 2.10. The highest BCUT2D eigenvalue weighted by Gasteiger charge is 2.30. The number of piperidine rings is 1. The summed E-state index contributed by atoms with van der Waals surface area (Å²) in [6.45, 7) is 2.03. The summed E-state index contributed by atoms with van der Waals surface area (Å²) in [7, 11) is 0. The largest absolute Gasteiger partial charge is 0.416 e. The molecule has 1 saturated heterocycles. The molecule has 0 aromatic heterocycles. The van der Waals surface area contributed by atoms with Gasteiger partial charge in [-0.15, -0.1) is 0 Å². The molecular weight excluding hydrogens is 253 g/mol. The molecule has 1 fully saturated rings. The minimum absolute atomic E-state index is 0.295. The molecule has 0 aliphatic carbocycles. The lowest BCUT2D eigenvalue weighted by Crippen LogP contribution is -2.43. The molecule has 2 nitrogen and oxygen atoms in total. The molecule has 0 bridgehead atoms. The summed E-state index contributed by atoms with van der Waals surface area (Å²) in [6, 6.07) is 5.86. The molecule has 19 heavy (non-hydrogen) atoms. The summed E-state index contributed by atoms with van der Waals surface area (Å²) in [5, 5.41) is 0. The van der Waals surface area contributed by atoms with Crippen LogP contribution in [0.1, 0.15) is 30.4 Å². The van der Waals surface area contributed by atoms with Crippen LogP contribution in [0.2, 0.25) is 0 Å². The third-order valence-corrected chi connectivity index (χ3v) is 3.66. The van der Waals surface area contributed by atoms with E-state index in [-0.39, 0.29) is 0 Å². The van der Waals surface area contributed by atoms with Crippen molar-refractivity contribution < 1.29 is 13.2 Å². The lowest BCUT2D eigenvalue weighted by molar-refractivity contribution is -0.137. The Hall–Kier alpha value is -1.07. The maximum atomic E-state index is 12.7. The molecule has 1 unspecified atom stereocenters. The molecule has 0 radical (unpaired) electrons. The third-order valence-electron chi connectivity index (χ3n) is 3.66. The van der Waals surface area contributed by atoms with Gasteiger partial charge in [0.1, 0.15) is 0 Å².